The standard InChI is InChI=1S/C10H16N2O3/c13-8(14)10(4-5-10)6-11-9(15)12-7-2-1-3-7/h7H,1-6H2,(H,13,14)(H2,11,12,15). The summed E-state index contributed by atoms with van der Waals surface area (Å²) in [5.74, 6) is -0.800. The van der Waals surface area contributed by atoms with Gasteiger partial charge >= 0.3 is 12.0 Å². The largest absolute Gasteiger partial charge is 0.481 e. The van der Waals surface area contributed by atoms with Crippen molar-refractivity contribution in [3.05, 3.63) is 0 Å². The Morgan fingerprint density at radius 3 is 2.40 bits per heavy atom. The minimum atomic E-state index is -0.800. The van der Waals surface area contributed by atoms with Gasteiger partial charge in [0, 0.05) is 12.6 Å². The Labute approximate surface area is 88.2 Å². The second-order valence-corrected chi connectivity index (χ2v) is 4.54. The average molecular weight is 212 g/mol. The Morgan fingerprint density at radius 1 is 1.33 bits per heavy atom. The van der Waals surface area contributed by atoms with Crippen LogP contribution in [0.1, 0.15) is 32.1 Å². The van der Waals surface area contributed by atoms with Crippen molar-refractivity contribution in [3.8, 4) is 0 Å². The van der Waals surface area contributed by atoms with Gasteiger partial charge in [-0.2, -0.15) is 0 Å². The van der Waals surface area contributed by atoms with Crippen molar-refractivity contribution < 1.29 is 14.7 Å². The maximum atomic E-state index is 11.3. The van der Waals surface area contributed by atoms with Crippen LogP contribution in [0.15, 0.2) is 0 Å². The van der Waals surface area contributed by atoms with Gasteiger partial charge < -0.3 is 15.7 Å². The van der Waals surface area contributed by atoms with Crippen molar-refractivity contribution in [2.75, 3.05) is 6.54 Å². The van der Waals surface area contributed by atoms with E-state index in [9.17, 15) is 9.59 Å². The molecule has 15 heavy (non-hydrogen) atoms. The van der Waals surface area contributed by atoms with E-state index in [1.54, 1.807) is 0 Å². The SMILES string of the molecule is O=C(NCC1(C(=O)O)CC1)NC1CCC1. The lowest BCUT2D eigenvalue weighted by molar-refractivity contribution is -0.143. The fourth-order valence-corrected chi connectivity index (χ4v) is 1.66. The molecule has 0 aromatic rings. The molecule has 5 heteroatoms. The number of rotatable bonds is 4. The summed E-state index contributed by atoms with van der Waals surface area (Å²) in [7, 11) is 0. The van der Waals surface area contributed by atoms with Crippen molar-refractivity contribution in [2.45, 2.75) is 38.1 Å². The third-order valence-electron chi connectivity index (χ3n) is 3.33. The van der Waals surface area contributed by atoms with E-state index in [1.807, 2.05) is 0 Å². The summed E-state index contributed by atoms with van der Waals surface area (Å²) in [5.41, 5.74) is -0.670. The Hall–Kier alpha value is -1.26. The molecule has 84 valence electrons. The summed E-state index contributed by atoms with van der Waals surface area (Å²) in [6.07, 6.45) is 4.59. The van der Waals surface area contributed by atoms with Crippen LogP contribution in [-0.4, -0.2) is 29.7 Å². The van der Waals surface area contributed by atoms with Crippen molar-refractivity contribution in [3.63, 3.8) is 0 Å². The second-order valence-electron chi connectivity index (χ2n) is 4.54. The Bertz CT molecular complexity index is 282. The molecule has 0 aromatic heterocycles. The molecule has 0 heterocycles. The van der Waals surface area contributed by atoms with Crippen molar-refractivity contribution in [1.82, 2.24) is 10.6 Å². The van der Waals surface area contributed by atoms with Gasteiger partial charge in [-0.1, -0.05) is 0 Å². The molecule has 3 N–H and O–H groups in total. The molecule has 2 fully saturated rings. The molecule has 0 bridgehead atoms. The third kappa shape index (κ3) is 2.22. The highest BCUT2D eigenvalue weighted by Gasteiger charge is 2.50. The Balaban J connectivity index is 1.68. The number of urea groups is 1. The van der Waals surface area contributed by atoms with Gasteiger partial charge in [-0.15, -0.1) is 0 Å². The van der Waals surface area contributed by atoms with Gasteiger partial charge in [-0.3, -0.25) is 4.79 Å². The molecule has 2 amide bonds. The van der Waals surface area contributed by atoms with E-state index < -0.39 is 11.4 Å². The van der Waals surface area contributed by atoms with E-state index in [0.29, 0.717) is 18.9 Å². The van der Waals surface area contributed by atoms with Gasteiger partial charge in [0.05, 0.1) is 5.41 Å². The van der Waals surface area contributed by atoms with Gasteiger partial charge in [0.1, 0.15) is 0 Å². The lowest BCUT2D eigenvalue weighted by atomic mass is 9.93. The highest BCUT2D eigenvalue weighted by molar-refractivity contribution is 5.80. The topological polar surface area (TPSA) is 78.4 Å². The van der Waals surface area contributed by atoms with Crippen LogP contribution in [0.25, 0.3) is 0 Å². The summed E-state index contributed by atoms with van der Waals surface area (Å²) in [5, 5.41) is 14.3. The van der Waals surface area contributed by atoms with E-state index in [2.05, 4.69) is 10.6 Å². The molecule has 0 aliphatic heterocycles. The molecule has 2 aliphatic rings. The fraction of sp³-hybridized carbons (Fsp3) is 0.800. The molecule has 0 unspecified atom stereocenters. The summed E-state index contributed by atoms with van der Waals surface area (Å²) in [6.45, 7) is 0.251. The summed E-state index contributed by atoms with van der Waals surface area (Å²) >= 11 is 0. The molecular formula is C10H16N2O3. The monoisotopic (exact) mass is 212 g/mol. The highest BCUT2D eigenvalue weighted by atomic mass is 16.4. The maximum Gasteiger partial charge on any atom is 0.315 e. The Morgan fingerprint density at radius 2 is 2.00 bits per heavy atom. The van der Waals surface area contributed by atoms with Gasteiger partial charge in [0.15, 0.2) is 0 Å². The lowest BCUT2D eigenvalue weighted by Gasteiger charge is -2.26. The third-order valence-corrected chi connectivity index (χ3v) is 3.33. The van der Waals surface area contributed by atoms with Gasteiger partial charge in [-0.05, 0) is 32.1 Å². The second kappa shape index (κ2) is 3.72. The van der Waals surface area contributed by atoms with E-state index >= 15 is 0 Å². The van der Waals surface area contributed by atoms with Crippen molar-refractivity contribution in [2.24, 2.45) is 5.41 Å². The summed E-state index contributed by atoms with van der Waals surface area (Å²) in [4.78, 5) is 22.1. The molecule has 2 aliphatic carbocycles. The van der Waals surface area contributed by atoms with Gasteiger partial charge in [0.25, 0.3) is 0 Å². The van der Waals surface area contributed by atoms with E-state index in [4.69, 9.17) is 5.11 Å². The van der Waals surface area contributed by atoms with Gasteiger partial charge in [-0.25, -0.2) is 4.79 Å². The molecule has 5 nitrogen and oxygen atoms in total. The van der Waals surface area contributed by atoms with E-state index in [-0.39, 0.29) is 12.6 Å². The number of hydrogen-bond acceptors (Lipinski definition) is 2. The minimum absolute atomic E-state index is 0.229. The van der Waals surface area contributed by atoms with Crippen LogP contribution in [-0.2, 0) is 4.79 Å². The molecule has 0 radical (unpaired) electrons. The smallest absolute Gasteiger partial charge is 0.315 e. The number of hydrogen-bond donors (Lipinski definition) is 3. The predicted octanol–water partition coefficient (Wildman–Crippen LogP) is 0.703. The number of carbonyl (C=O) groups excluding carboxylic acids is 1. The molecule has 2 saturated carbocycles. The molecular weight excluding hydrogens is 196 g/mol. The Kier molecular flexibility index (Phi) is 2.54. The first-order valence-electron chi connectivity index (χ1n) is 5.40. The zero-order valence-electron chi connectivity index (χ0n) is 8.58. The van der Waals surface area contributed by atoms with Crippen LogP contribution in [0, 0.1) is 5.41 Å². The molecule has 0 aromatic carbocycles. The quantitative estimate of drug-likeness (QED) is 0.642. The van der Waals surface area contributed by atoms with Crippen LogP contribution < -0.4 is 10.6 Å². The number of carboxylic acids is 1. The molecule has 2 rings (SSSR count). The zero-order valence-corrected chi connectivity index (χ0v) is 8.58. The first-order valence-corrected chi connectivity index (χ1v) is 5.40. The van der Waals surface area contributed by atoms with Crippen LogP contribution >= 0.6 is 0 Å². The minimum Gasteiger partial charge on any atom is -0.481 e. The van der Waals surface area contributed by atoms with Crippen LogP contribution in [0.4, 0.5) is 4.79 Å². The van der Waals surface area contributed by atoms with Crippen molar-refractivity contribution in [1.29, 1.82) is 0 Å². The number of carbonyl (C=O) groups is 2. The lowest BCUT2D eigenvalue weighted by Crippen LogP contribution is -2.47. The molecule has 0 atom stereocenters. The zero-order chi connectivity index (χ0) is 10.9. The number of nitrogens with one attached hydrogen (secondary N) is 2. The van der Waals surface area contributed by atoms with E-state index in [1.165, 1.54) is 6.42 Å². The number of aliphatic carboxylic acids is 1. The van der Waals surface area contributed by atoms with Crippen LogP contribution in [0.3, 0.4) is 0 Å². The number of carboxylic acid groups (broad SMARTS) is 1. The predicted molar refractivity (Wildman–Crippen MR) is 53.5 cm³/mol. The summed E-state index contributed by atoms with van der Waals surface area (Å²) in [6, 6.07) is 0.0669. The van der Waals surface area contributed by atoms with E-state index in [0.717, 1.165) is 12.8 Å². The van der Waals surface area contributed by atoms with Gasteiger partial charge in [0.2, 0.25) is 0 Å². The van der Waals surface area contributed by atoms with Crippen molar-refractivity contribution >= 4 is 12.0 Å². The summed E-state index contributed by atoms with van der Waals surface area (Å²) < 4.78 is 0. The fourth-order valence-electron chi connectivity index (χ4n) is 1.66. The maximum absolute atomic E-state index is 11.3. The van der Waals surface area contributed by atoms with Crippen LogP contribution in [0.5, 0.6) is 0 Å². The highest BCUT2D eigenvalue weighted by Crippen LogP contribution is 2.45. The van der Waals surface area contributed by atoms with Crippen LogP contribution in [0.2, 0.25) is 0 Å². The number of amides is 2. The average Bonchev–Trinajstić information content (AvgIpc) is 2.89. The molecule has 0 saturated heterocycles. The first-order chi connectivity index (χ1) is 7.12. The molecule has 0 spiro atoms. The normalized spacial score (nSPS) is 22.7. The first kappa shape index (κ1) is 10.3.